The molecule has 1 aromatic carbocycles. The average molecular weight is 265 g/mol. The van der Waals surface area contributed by atoms with Crippen LogP contribution in [0.1, 0.15) is 18.2 Å². The first-order chi connectivity index (χ1) is 9.12. The van der Waals surface area contributed by atoms with Gasteiger partial charge in [0.2, 0.25) is 5.88 Å². The van der Waals surface area contributed by atoms with Crippen LogP contribution in [0.2, 0.25) is 0 Å². The van der Waals surface area contributed by atoms with E-state index in [4.69, 9.17) is 9.84 Å². The van der Waals surface area contributed by atoms with Gasteiger partial charge in [-0.15, -0.1) is 0 Å². The van der Waals surface area contributed by atoms with E-state index >= 15 is 0 Å². The lowest BCUT2D eigenvalue weighted by molar-refractivity contribution is 0.280. The van der Waals surface area contributed by atoms with Gasteiger partial charge >= 0.3 is 0 Å². The summed E-state index contributed by atoms with van der Waals surface area (Å²) < 4.78 is 31.7. The summed E-state index contributed by atoms with van der Waals surface area (Å²) in [5.41, 5.74) is 1.32. The van der Waals surface area contributed by atoms with Crippen molar-refractivity contribution >= 4 is 0 Å². The third-order valence-electron chi connectivity index (χ3n) is 2.57. The number of aliphatic hydroxyl groups is 1. The smallest absolute Gasteiger partial charge is 0.219 e. The first kappa shape index (κ1) is 13.4. The molecule has 0 aliphatic rings. The van der Waals surface area contributed by atoms with Gasteiger partial charge in [-0.3, -0.25) is 0 Å². The van der Waals surface area contributed by atoms with Crippen LogP contribution in [-0.4, -0.2) is 10.1 Å². The molecule has 0 unspecified atom stereocenters. The van der Waals surface area contributed by atoms with Crippen LogP contribution in [0.15, 0.2) is 30.3 Å². The summed E-state index contributed by atoms with van der Waals surface area (Å²) in [6, 6.07) is 6.17. The Labute approximate surface area is 109 Å². The van der Waals surface area contributed by atoms with Gasteiger partial charge in [-0.2, -0.15) is 0 Å². The van der Waals surface area contributed by atoms with Gasteiger partial charge in [-0.05, 0) is 30.2 Å². The van der Waals surface area contributed by atoms with Gasteiger partial charge in [-0.1, -0.05) is 6.92 Å². The second-order valence-electron chi connectivity index (χ2n) is 3.99. The zero-order valence-corrected chi connectivity index (χ0v) is 10.4. The molecule has 2 rings (SSSR count). The largest absolute Gasteiger partial charge is 0.436 e. The van der Waals surface area contributed by atoms with E-state index in [0.717, 1.165) is 18.2 Å². The maximum absolute atomic E-state index is 13.5. The average Bonchev–Trinajstić information content (AvgIpc) is 2.42. The first-order valence-electron chi connectivity index (χ1n) is 5.86. The minimum Gasteiger partial charge on any atom is -0.436 e. The molecule has 5 heteroatoms. The van der Waals surface area contributed by atoms with E-state index in [9.17, 15) is 8.78 Å². The fourth-order valence-corrected chi connectivity index (χ4v) is 1.61. The van der Waals surface area contributed by atoms with Gasteiger partial charge in [0.05, 0.1) is 6.61 Å². The summed E-state index contributed by atoms with van der Waals surface area (Å²) in [4.78, 5) is 4.14. The summed E-state index contributed by atoms with van der Waals surface area (Å²) in [7, 11) is 0. The summed E-state index contributed by atoms with van der Waals surface area (Å²) in [5, 5.41) is 9.13. The maximum atomic E-state index is 13.5. The van der Waals surface area contributed by atoms with Gasteiger partial charge < -0.3 is 9.84 Å². The van der Waals surface area contributed by atoms with Crippen LogP contribution >= 0.6 is 0 Å². The molecule has 0 aliphatic carbocycles. The summed E-state index contributed by atoms with van der Waals surface area (Å²) in [6.07, 6.45) is 0.649. The highest BCUT2D eigenvalue weighted by Crippen LogP contribution is 2.25. The van der Waals surface area contributed by atoms with Crippen LogP contribution in [0.25, 0.3) is 0 Å². The van der Waals surface area contributed by atoms with Crippen molar-refractivity contribution in [3.05, 3.63) is 53.2 Å². The van der Waals surface area contributed by atoms with E-state index in [-0.39, 0.29) is 18.2 Å². The van der Waals surface area contributed by atoms with Gasteiger partial charge in [0.15, 0.2) is 11.6 Å². The summed E-state index contributed by atoms with van der Waals surface area (Å²) >= 11 is 0. The molecule has 0 atom stereocenters. The lowest BCUT2D eigenvalue weighted by Crippen LogP contribution is -1.97. The molecular weight excluding hydrogens is 252 g/mol. The lowest BCUT2D eigenvalue weighted by Gasteiger charge is -2.09. The molecule has 0 saturated carbocycles. The molecule has 1 heterocycles. The molecule has 3 nitrogen and oxygen atoms in total. The highest BCUT2D eigenvalue weighted by atomic mass is 19.1. The number of benzene rings is 1. The van der Waals surface area contributed by atoms with E-state index in [1.54, 1.807) is 6.07 Å². The second kappa shape index (κ2) is 5.75. The molecule has 0 spiro atoms. The van der Waals surface area contributed by atoms with Crippen LogP contribution in [0.4, 0.5) is 8.78 Å². The van der Waals surface area contributed by atoms with Crippen LogP contribution in [-0.2, 0) is 13.0 Å². The van der Waals surface area contributed by atoms with E-state index in [2.05, 4.69) is 4.98 Å². The monoisotopic (exact) mass is 265 g/mol. The maximum Gasteiger partial charge on any atom is 0.219 e. The Morgan fingerprint density at radius 3 is 2.68 bits per heavy atom. The van der Waals surface area contributed by atoms with Crippen LogP contribution in [0, 0.1) is 11.6 Å². The molecule has 2 aromatic rings. The predicted octanol–water partition coefficient (Wildman–Crippen LogP) is 3.21. The number of nitrogens with zero attached hydrogens (tertiary/aromatic N) is 1. The molecule has 1 aromatic heterocycles. The van der Waals surface area contributed by atoms with Crippen molar-refractivity contribution in [2.24, 2.45) is 0 Å². The molecule has 0 bridgehead atoms. The summed E-state index contributed by atoms with van der Waals surface area (Å²) in [5.74, 6) is -1.36. The van der Waals surface area contributed by atoms with Crippen LogP contribution in [0.3, 0.4) is 0 Å². The Morgan fingerprint density at radius 2 is 2.00 bits per heavy atom. The number of aryl methyl sites for hydroxylation is 1. The Hall–Kier alpha value is -2.01. The zero-order chi connectivity index (χ0) is 13.8. The van der Waals surface area contributed by atoms with Crippen molar-refractivity contribution in [1.82, 2.24) is 4.98 Å². The molecule has 0 radical (unpaired) electrons. The van der Waals surface area contributed by atoms with Crippen molar-refractivity contribution in [2.45, 2.75) is 20.0 Å². The van der Waals surface area contributed by atoms with Crippen molar-refractivity contribution in [3.63, 3.8) is 0 Å². The second-order valence-corrected chi connectivity index (χ2v) is 3.99. The molecule has 100 valence electrons. The molecule has 0 fully saturated rings. The van der Waals surface area contributed by atoms with Gasteiger partial charge in [0.1, 0.15) is 5.82 Å². The van der Waals surface area contributed by atoms with E-state index in [1.165, 1.54) is 6.07 Å². The highest BCUT2D eigenvalue weighted by molar-refractivity contribution is 5.32. The molecule has 1 N–H and O–H groups in total. The first-order valence-corrected chi connectivity index (χ1v) is 5.86. The number of ether oxygens (including phenoxy) is 1. The molecule has 0 aliphatic heterocycles. The lowest BCUT2D eigenvalue weighted by atomic mass is 10.2. The predicted molar refractivity (Wildman–Crippen MR) is 66.0 cm³/mol. The highest BCUT2D eigenvalue weighted by Gasteiger charge is 2.09. The van der Waals surface area contributed by atoms with E-state index < -0.39 is 11.6 Å². The van der Waals surface area contributed by atoms with Crippen LogP contribution < -0.4 is 4.74 Å². The fraction of sp³-hybridized carbons (Fsp3) is 0.214. The number of hydrogen-bond donors (Lipinski definition) is 1. The van der Waals surface area contributed by atoms with E-state index in [1.807, 2.05) is 6.92 Å². The summed E-state index contributed by atoms with van der Waals surface area (Å²) in [6.45, 7) is 1.73. The zero-order valence-electron chi connectivity index (χ0n) is 10.4. The van der Waals surface area contributed by atoms with Crippen LogP contribution in [0.5, 0.6) is 11.6 Å². The third-order valence-corrected chi connectivity index (χ3v) is 2.57. The SMILES string of the molecule is CCc1cc(CO)cc(Oc2cc(F)ccc2F)n1. The minimum absolute atomic E-state index is 0.132. The van der Waals surface area contributed by atoms with Gasteiger partial charge in [0, 0.05) is 17.8 Å². The minimum atomic E-state index is -0.671. The Balaban J connectivity index is 2.34. The number of hydrogen-bond acceptors (Lipinski definition) is 3. The van der Waals surface area contributed by atoms with Crippen molar-refractivity contribution in [2.75, 3.05) is 0 Å². The molecule has 0 amide bonds. The van der Waals surface area contributed by atoms with Crippen molar-refractivity contribution < 1.29 is 18.6 Å². The molecular formula is C14H13F2NO2. The Morgan fingerprint density at radius 1 is 1.21 bits per heavy atom. The Kier molecular flexibility index (Phi) is 4.06. The standard InChI is InChI=1S/C14H13F2NO2/c1-2-11-5-9(8-18)6-14(17-11)19-13-7-10(15)3-4-12(13)16/h3-7,18H,2,8H2,1H3. The number of aliphatic hydroxyl groups excluding tert-OH is 1. The Bertz CT molecular complexity index is 565. The van der Waals surface area contributed by atoms with E-state index in [0.29, 0.717) is 17.7 Å². The van der Waals surface area contributed by atoms with Crippen molar-refractivity contribution in [1.29, 1.82) is 0 Å². The third kappa shape index (κ3) is 3.26. The van der Waals surface area contributed by atoms with Gasteiger partial charge in [-0.25, -0.2) is 13.8 Å². The fourth-order valence-electron chi connectivity index (χ4n) is 1.61. The molecule has 19 heavy (non-hydrogen) atoms. The number of halogens is 2. The number of aromatic nitrogens is 1. The normalized spacial score (nSPS) is 10.5. The van der Waals surface area contributed by atoms with Crippen molar-refractivity contribution in [3.8, 4) is 11.6 Å². The number of pyridine rings is 1. The topological polar surface area (TPSA) is 42.4 Å². The molecule has 0 saturated heterocycles. The number of rotatable bonds is 4. The quantitative estimate of drug-likeness (QED) is 0.923. The van der Waals surface area contributed by atoms with Gasteiger partial charge in [0.25, 0.3) is 0 Å².